The summed E-state index contributed by atoms with van der Waals surface area (Å²) in [5, 5.41) is 10.00. The lowest BCUT2D eigenvalue weighted by molar-refractivity contribution is 0.0696. The predicted molar refractivity (Wildman–Crippen MR) is 112 cm³/mol. The first-order valence-electron chi connectivity index (χ1n) is 10.0. The second-order valence-corrected chi connectivity index (χ2v) is 8.30. The van der Waals surface area contributed by atoms with Crippen molar-refractivity contribution in [3.8, 4) is 11.4 Å². The Morgan fingerprint density at radius 1 is 1.17 bits per heavy atom. The van der Waals surface area contributed by atoms with Gasteiger partial charge in [0.1, 0.15) is 5.82 Å². The first-order valence-corrected chi connectivity index (χ1v) is 10.4. The van der Waals surface area contributed by atoms with E-state index >= 15 is 0 Å². The summed E-state index contributed by atoms with van der Waals surface area (Å²) in [7, 11) is 0. The molecule has 3 aromatic rings. The summed E-state index contributed by atoms with van der Waals surface area (Å²) in [6, 6.07) is 13.7. The Morgan fingerprint density at radius 3 is 2.86 bits per heavy atom. The van der Waals surface area contributed by atoms with Crippen molar-refractivity contribution in [3.63, 3.8) is 0 Å². The number of carbonyl (C=O) groups is 1. The molecule has 29 heavy (non-hydrogen) atoms. The van der Waals surface area contributed by atoms with Gasteiger partial charge in [0.25, 0.3) is 0 Å². The largest absolute Gasteiger partial charge is 0.478 e. The first kappa shape index (κ1) is 18.4. The number of imidazole rings is 1. The van der Waals surface area contributed by atoms with Crippen LogP contribution in [-0.4, -0.2) is 38.5 Å². The highest BCUT2D eigenvalue weighted by Crippen LogP contribution is 2.31. The average Bonchev–Trinajstić information content (AvgIpc) is 3.16. The minimum atomic E-state index is -0.859. The smallest absolute Gasteiger partial charge is 0.335 e. The van der Waals surface area contributed by atoms with Crippen molar-refractivity contribution in [2.75, 3.05) is 6.54 Å². The fourth-order valence-electron chi connectivity index (χ4n) is 4.59. The molecule has 5 nitrogen and oxygen atoms in total. The van der Waals surface area contributed by atoms with E-state index in [-0.39, 0.29) is 0 Å². The third-order valence-corrected chi connectivity index (χ3v) is 6.49. The minimum Gasteiger partial charge on any atom is -0.478 e. The molecular formula is C23H22ClN3O2. The number of benzene rings is 2. The normalized spacial score (nSPS) is 18.9. The third kappa shape index (κ3) is 3.45. The molecular weight excluding hydrogens is 386 g/mol. The van der Waals surface area contributed by atoms with E-state index in [1.807, 2.05) is 36.4 Å². The Balaban J connectivity index is 1.36. The standard InChI is InChI=1S/C23H22ClN3O2/c24-19-4-2-1-3-18(19)22-25-20-9-10-27(13-21(20)26-22)17-8-7-14-5-6-15(23(28)29)11-16(14)12-17/h1-6,11,17H,7-10,12-13H2,(H,25,26)(H,28,29). The van der Waals surface area contributed by atoms with Gasteiger partial charge >= 0.3 is 5.97 Å². The van der Waals surface area contributed by atoms with Gasteiger partial charge in [0.15, 0.2) is 0 Å². The number of nitrogens with one attached hydrogen (secondary N) is 1. The molecule has 5 rings (SSSR count). The number of carboxylic acids is 1. The summed E-state index contributed by atoms with van der Waals surface area (Å²) in [6.45, 7) is 1.81. The number of aromatic nitrogens is 2. The molecule has 0 saturated carbocycles. The number of fused-ring (bicyclic) bond motifs is 2. The molecule has 0 bridgehead atoms. The summed E-state index contributed by atoms with van der Waals surface area (Å²) >= 11 is 6.34. The molecule has 0 fully saturated rings. The topological polar surface area (TPSA) is 69.2 Å². The van der Waals surface area contributed by atoms with Crippen LogP contribution in [0.4, 0.5) is 0 Å². The summed E-state index contributed by atoms with van der Waals surface area (Å²) in [4.78, 5) is 22.1. The van der Waals surface area contributed by atoms with Gasteiger partial charge in [-0.25, -0.2) is 9.78 Å². The van der Waals surface area contributed by atoms with E-state index in [1.54, 1.807) is 6.07 Å². The van der Waals surface area contributed by atoms with E-state index in [1.165, 1.54) is 11.1 Å². The van der Waals surface area contributed by atoms with E-state index in [9.17, 15) is 9.90 Å². The summed E-state index contributed by atoms with van der Waals surface area (Å²) in [5.41, 5.74) is 6.06. The molecule has 0 spiro atoms. The van der Waals surface area contributed by atoms with Crippen LogP contribution in [0.1, 0.15) is 39.3 Å². The van der Waals surface area contributed by atoms with Gasteiger partial charge in [0.05, 0.1) is 22.0 Å². The highest BCUT2D eigenvalue weighted by atomic mass is 35.5. The van der Waals surface area contributed by atoms with Crippen LogP contribution in [0.15, 0.2) is 42.5 Å². The quantitative estimate of drug-likeness (QED) is 0.677. The maximum atomic E-state index is 11.3. The van der Waals surface area contributed by atoms with E-state index in [0.29, 0.717) is 16.6 Å². The van der Waals surface area contributed by atoms with Gasteiger partial charge in [-0.2, -0.15) is 0 Å². The number of H-pyrrole nitrogens is 1. The van der Waals surface area contributed by atoms with Crippen molar-refractivity contribution in [2.45, 2.75) is 38.3 Å². The maximum Gasteiger partial charge on any atom is 0.335 e. The zero-order valence-corrected chi connectivity index (χ0v) is 16.7. The molecule has 2 N–H and O–H groups in total. The van der Waals surface area contributed by atoms with Crippen LogP contribution in [0, 0.1) is 0 Å². The molecule has 0 radical (unpaired) electrons. The predicted octanol–water partition coefficient (Wildman–Crippen LogP) is 4.34. The molecule has 1 aromatic heterocycles. The SMILES string of the molecule is O=C(O)c1ccc2c(c1)CC(N1CCc3nc(-c4ccccc4Cl)[nH]c3C1)CC2. The van der Waals surface area contributed by atoms with Crippen molar-refractivity contribution in [3.05, 3.63) is 75.6 Å². The number of aryl methyl sites for hydroxylation is 1. The maximum absolute atomic E-state index is 11.3. The number of hydrogen-bond acceptors (Lipinski definition) is 3. The summed E-state index contributed by atoms with van der Waals surface area (Å²) in [6.07, 6.45) is 3.91. The van der Waals surface area contributed by atoms with Gasteiger partial charge in [-0.3, -0.25) is 4.90 Å². The molecule has 0 saturated heterocycles. The molecule has 2 heterocycles. The lowest BCUT2D eigenvalue weighted by atomic mass is 9.86. The van der Waals surface area contributed by atoms with E-state index in [0.717, 1.165) is 61.5 Å². The second-order valence-electron chi connectivity index (χ2n) is 7.90. The van der Waals surface area contributed by atoms with Crippen LogP contribution < -0.4 is 0 Å². The number of rotatable bonds is 3. The van der Waals surface area contributed by atoms with E-state index in [2.05, 4.69) is 9.88 Å². The van der Waals surface area contributed by atoms with Gasteiger partial charge in [-0.15, -0.1) is 0 Å². The van der Waals surface area contributed by atoms with Gasteiger partial charge < -0.3 is 10.1 Å². The van der Waals surface area contributed by atoms with Gasteiger partial charge in [-0.1, -0.05) is 29.8 Å². The molecule has 1 atom stereocenters. The monoisotopic (exact) mass is 407 g/mol. The fourth-order valence-corrected chi connectivity index (χ4v) is 4.81. The molecule has 0 amide bonds. The Bertz CT molecular complexity index is 1090. The molecule has 2 aliphatic rings. The van der Waals surface area contributed by atoms with E-state index < -0.39 is 5.97 Å². The Hall–Kier alpha value is -2.63. The van der Waals surface area contributed by atoms with Crippen LogP contribution in [0.5, 0.6) is 0 Å². The molecule has 6 heteroatoms. The van der Waals surface area contributed by atoms with Gasteiger partial charge in [0, 0.05) is 31.1 Å². The van der Waals surface area contributed by atoms with Crippen LogP contribution in [0.3, 0.4) is 0 Å². The molecule has 2 aromatic carbocycles. The van der Waals surface area contributed by atoms with Crippen molar-refractivity contribution >= 4 is 17.6 Å². The fraction of sp³-hybridized carbons (Fsp3) is 0.304. The lowest BCUT2D eigenvalue weighted by Gasteiger charge is -2.37. The lowest BCUT2D eigenvalue weighted by Crippen LogP contribution is -2.42. The van der Waals surface area contributed by atoms with Crippen LogP contribution in [0.25, 0.3) is 11.4 Å². The van der Waals surface area contributed by atoms with Crippen LogP contribution >= 0.6 is 11.6 Å². The zero-order valence-electron chi connectivity index (χ0n) is 16.0. The summed E-state index contributed by atoms with van der Waals surface area (Å²) in [5.74, 6) is -0.0235. The molecule has 1 aliphatic heterocycles. The number of halogens is 1. The number of aromatic carboxylic acids is 1. The molecule has 148 valence electrons. The highest BCUT2D eigenvalue weighted by Gasteiger charge is 2.29. The Labute approximate surface area is 174 Å². The Kier molecular flexibility index (Phi) is 4.64. The number of carboxylic acid groups (broad SMARTS) is 1. The zero-order chi connectivity index (χ0) is 20.0. The van der Waals surface area contributed by atoms with Gasteiger partial charge in [-0.05, 0) is 54.7 Å². The summed E-state index contributed by atoms with van der Waals surface area (Å²) < 4.78 is 0. The van der Waals surface area contributed by atoms with Crippen LogP contribution in [0.2, 0.25) is 5.02 Å². The van der Waals surface area contributed by atoms with Crippen LogP contribution in [-0.2, 0) is 25.8 Å². The molecule has 1 unspecified atom stereocenters. The number of nitrogens with zero attached hydrogens (tertiary/aromatic N) is 2. The minimum absolute atomic E-state index is 0.378. The average molecular weight is 408 g/mol. The van der Waals surface area contributed by atoms with Crippen molar-refractivity contribution < 1.29 is 9.90 Å². The third-order valence-electron chi connectivity index (χ3n) is 6.16. The first-order chi connectivity index (χ1) is 14.1. The van der Waals surface area contributed by atoms with Crippen molar-refractivity contribution in [1.29, 1.82) is 0 Å². The number of hydrogen-bond donors (Lipinski definition) is 2. The number of aromatic amines is 1. The second kappa shape index (κ2) is 7.32. The molecule has 1 aliphatic carbocycles. The van der Waals surface area contributed by atoms with Gasteiger partial charge in [0.2, 0.25) is 0 Å². The highest BCUT2D eigenvalue weighted by molar-refractivity contribution is 6.33. The van der Waals surface area contributed by atoms with Crippen molar-refractivity contribution in [2.24, 2.45) is 0 Å². The van der Waals surface area contributed by atoms with E-state index in [4.69, 9.17) is 16.6 Å². The van der Waals surface area contributed by atoms with Crippen molar-refractivity contribution in [1.82, 2.24) is 14.9 Å². The Morgan fingerprint density at radius 2 is 2.03 bits per heavy atom.